The van der Waals surface area contributed by atoms with Crippen LogP contribution in [0.4, 0.5) is 0 Å². The number of carbonyl (C=O) groups is 2. The number of carbonyl (C=O) groups excluding carboxylic acids is 1. The van der Waals surface area contributed by atoms with Gasteiger partial charge < -0.3 is 16.2 Å². The van der Waals surface area contributed by atoms with Gasteiger partial charge in [0.15, 0.2) is 0 Å². The highest BCUT2D eigenvalue weighted by molar-refractivity contribution is 5.94. The van der Waals surface area contributed by atoms with Gasteiger partial charge in [-0.15, -0.1) is 0 Å². The number of aliphatic carboxylic acids is 1. The van der Waals surface area contributed by atoms with Gasteiger partial charge in [0.1, 0.15) is 0 Å². The molecular weight excluding hydrogens is 258 g/mol. The Hall–Kier alpha value is -1.95. The van der Waals surface area contributed by atoms with E-state index in [1.807, 2.05) is 13.8 Å². The molecule has 4 N–H and O–H groups in total. The van der Waals surface area contributed by atoms with E-state index in [2.05, 4.69) is 10.3 Å². The van der Waals surface area contributed by atoms with Gasteiger partial charge in [-0.25, -0.2) is 0 Å². The first-order valence-corrected chi connectivity index (χ1v) is 6.60. The summed E-state index contributed by atoms with van der Waals surface area (Å²) in [4.78, 5) is 27.1. The predicted octanol–water partition coefficient (Wildman–Crippen LogP) is 1.02. The highest BCUT2D eigenvalue weighted by atomic mass is 16.4. The maximum atomic E-state index is 12.0. The van der Waals surface area contributed by atoms with Gasteiger partial charge in [-0.1, -0.05) is 13.8 Å². The Morgan fingerprint density at radius 3 is 2.70 bits per heavy atom. The summed E-state index contributed by atoms with van der Waals surface area (Å²) in [7, 11) is 0. The minimum atomic E-state index is -0.892. The van der Waals surface area contributed by atoms with Crippen molar-refractivity contribution in [2.24, 2.45) is 17.6 Å². The Labute approximate surface area is 118 Å². The molecular formula is C14H21N3O3. The van der Waals surface area contributed by atoms with Crippen molar-refractivity contribution < 1.29 is 14.7 Å². The Morgan fingerprint density at radius 1 is 1.45 bits per heavy atom. The monoisotopic (exact) mass is 279 g/mol. The molecule has 1 aromatic rings. The van der Waals surface area contributed by atoms with E-state index in [1.54, 1.807) is 12.1 Å². The zero-order valence-corrected chi connectivity index (χ0v) is 11.8. The highest BCUT2D eigenvalue weighted by Gasteiger charge is 2.20. The van der Waals surface area contributed by atoms with Crippen molar-refractivity contribution in [2.45, 2.75) is 26.8 Å². The Balaban J connectivity index is 2.62. The maximum absolute atomic E-state index is 12.0. The highest BCUT2D eigenvalue weighted by Crippen LogP contribution is 2.11. The molecule has 0 saturated carbocycles. The van der Waals surface area contributed by atoms with Gasteiger partial charge in [-0.3, -0.25) is 14.6 Å². The van der Waals surface area contributed by atoms with E-state index in [0.717, 1.165) is 0 Å². The third-order valence-corrected chi connectivity index (χ3v) is 2.90. The number of carboxylic acid groups (broad SMARTS) is 1. The van der Waals surface area contributed by atoms with Crippen LogP contribution in [0.1, 0.15) is 36.3 Å². The number of hydrogen-bond donors (Lipinski definition) is 3. The molecule has 0 aliphatic carbocycles. The number of amides is 1. The van der Waals surface area contributed by atoms with Gasteiger partial charge in [0.05, 0.1) is 11.6 Å². The molecule has 1 aromatic heterocycles. The smallest absolute Gasteiger partial charge is 0.308 e. The molecule has 1 atom stereocenters. The second-order valence-corrected chi connectivity index (χ2v) is 5.11. The average Bonchev–Trinajstić information content (AvgIpc) is 2.42. The molecule has 1 rings (SSSR count). The number of carboxylic acids is 1. The third-order valence-electron chi connectivity index (χ3n) is 2.90. The number of pyridine rings is 1. The molecule has 0 aliphatic heterocycles. The Kier molecular flexibility index (Phi) is 6.11. The van der Waals surface area contributed by atoms with Crippen molar-refractivity contribution in [3.8, 4) is 0 Å². The topological polar surface area (TPSA) is 105 Å². The van der Waals surface area contributed by atoms with Crippen LogP contribution in [-0.2, 0) is 11.3 Å². The van der Waals surface area contributed by atoms with Gasteiger partial charge in [0.25, 0.3) is 5.91 Å². The van der Waals surface area contributed by atoms with E-state index >= 15 is 0 Å². The number of nitrogens with two attached hydrogens (primary N) is 1. The van der Waals surface area contributed by atoms with Crippen LogP contribution in [0.3, 0.4) is 0 Å². The lowest BCUT2D eigenvalue weighted by Gasteiger charge is -2.15. The molecule has 1 heterocycles. The van der Waals surface area contributed by atoms with Crippen LogP contribution in [-0.4, -0.2) is 28.5 Å². The van der Waals surface area contributed by atoms with E-state index in [0.29, 0.717) is 17.7 Å². The quantitative estimate of drug-likeness (QED) is 0.691. The second kappa shape index (κ2) is 7.59. The first-order valence-electron chi connectivity index (χ1n) is 6.60. The van der Waals surface area contributed by atoms with E-state index in [1.165, 1.54) is 6.20 Å². The van der Waals surface area contributed by atoms with Crippen LogP contribution >= 0.6 is 0 Å². The molecule has 0 aliphatic rings. The van der Waals surface area contributed by atoms with E-state index < -0.39 is 11.9 Å². The Bertz CT molecular complexity index is 474. The lowest BCUT2D eigenvalue weighted by Crippen LogP contribution is -2.33. The van der Waals surface area contributed by atoms with Crippen molar-refractivity contribution >= 4 is 11.9 Å². The minimum absolute atomic E-state index is 0.118. The molecule has 6 heteroatoms. The first-order chi connectivity index (χ1) is 9.43. The van der Waals surface area contributed by atoms with Crippen LogP contribution in [0.2, 0.25) is 0 Å². The second-order valence-electron chi connectivity index (χ2n) is 5.11. The average molecular weight is 279 g/mol. The molecule has 0 aromatic carbocycles. The summed E-state index contributed by atoms with van der Waals surface area (Å²) in [6.45, 7) is 4.28. The molecule has 0 bridgehead atoms. The van der Waals surface area contributed by atoms with Crippen molar-refractivity contribution in [1.82, 2.24) is 10.3 Å². The van der Waals surface area contributed by atoms with E-state index in [-0.39, 0.29) is 24.9 Å². The largest absolute Gasteiger partial charge is 0.481 e. The van der Waals surface area contributed by atoms with Gasteiger partial charge >= 0.3 is 5.97 Å². The lowest BCUT2D eigenvalue weighted by atomic mass is 9.97. The maximum Gasteiger partial charge on any atom is 0.308 e. The summed E-state index contributed by atoms with van der Waals surface area (Å²) in [5.74, 6) is -1.51. The van der Waals surface area contributed by atoms with Crippen LogP contribution in [0.15, 0.2) is 18.3 Å². The summed E-state index contributed by atoms with van der Waals surface area (Å²) < 4.78 is 0. The predicted molar refractivity (Wildman–Crippen MR) is 75.0 cm³/mol. The molecule has 0 fully saturated rings. The zero-order valence-electron chi connectivity index (χ0n) is 11.8. The van der Waals surface area contributed by atoms with Crippen LogP contribution < -0.4 is 11.1 Å². The fraction of sp³-hybridized carbons (Fsp3) is 0.500. The summed E-state index contributed by atoms with van der Waals surface area (Å²) in [5, 5.41) is 11.8. The molecule has 1 amide bonds. The summed E-state index contributed by atoms with van der Waals surface area (Å²) >= 11 is 0. The van der Waals surface area contributed by atoms with Crippen molar-refractivity contribution in [3.63, 3.8) is 0 Å². The SMILES string of the molecule is CC(C)CC(CNC(=O)c1ccnc(CN)c1)C(=O)O. The number of aromatic nitrogens is 1. The number of hydrogen-bond acceptors (Lipinski definition) is 4. The van der Waals surface area contributed by atoms with Crippen LogP contribution in [0.5, 0.6) is 0 Å². The van der Waals surface area contributed by atoms with Gasteiger partial charge in [0.2, 0.25) is 0 Å². The van der Waals surface area contributed by atoms with Crippen molar-refractivity contribution in [2.75, 3.05) is 6.54 Å². The van der Waals surface area contributed by atoms with Gasteiger partial charge in [-0.2, -0.15) is 0 Å². The van der Waals surface area contributed by atoms with Gasteiger partial charge in [-0.05, 0) is 24.5 Å². The van der Waals surface area contributed by atoms with E-state index in [4.69, 9.17) is 10.8 Å². The molecule has 6 nitrogen and oxygen atoms in total. The molecule has 0 saturated heterocycles. The molecule has 110 valence electrons. The minimum Gasteiger partial charge on any atom is -0.481 e. The van der Waals surface area contributed by atoms with E-state index in [9.17, 15) is 9.59 Å². The number of rotatable bonds is 7. The van der Waals surface area contributed by atoms with Gasteiger partial charge in [0, 0.05) is 24.8 Å². The summed E-state index contributed by atoms with van der Waals surface area (Å²) in [6, 6.07) is 3.18. The fourth-order valence-electron chi connectivity index (χ4n) is 1.89. The molecule has 1 unspecified atom stereocenters. The van der Waals surface area contributed by atoms with Crippen molar-refractivity contribution in [1.29, 1.82) is 0 Å². The van der Waals surface area contributed by atoms with Crippen LogP contribution in [0, 0.1) is 11.8 Å². The third kappa shape index (κ3) is 4.97. The Morgan fingerprint density at radius 2 is 2.15 bits per heavy atom. The summed E-state index contributed by atoms with van der Waals surface area (Å²) in [6.07, 6.45) is 2.04. The van der Waals surface area contributed by atoms with Crippen molar-refractivity contribution in [3.05, 3.63) is 29.6 Å². The number of nitrogens with one attached hydrogen (secondary N) is 1. The normalized spacial score (nSPS) is 12.2. The lowest BCUT2D eigenvalue weighted by molar-refractivity contribution is -0.142. The zero-order chi connectivity index (χ0) is 15.1. The summed E-state index contributed by atoms with van der Waals surface area (Å²) in [5.41, 5.74) is 6.52. The fourth-order valence-corrected chi connectivity index (χ4v) is 1.89. The molecule has 20 heavy (non-hydrogen) atoms. The molecule has 0 spiro atoms. The first kappa shape index (κ1) is 16.1. The number of nitrogens with zero attached hydrogens (tertiary/aromatic N) is 1. The molecule has 0 radical (unpaired) electrons. The van der Waals surface area contributed by atoms with Crippen LogP contribution in [0.25, 0.3) is 0 Å². The standard InChI is InChI=1S/C14H21N3O3/c1-9(2)5-11(14(19)20)8-17-13(18)10-3-4-16-12(6-10)7-15/h3-4,6,9,11H,5,7-8,15H2,1-2H3,(H,17,18)(H,19,20).